The van der Waals surface area contributed by atoms with Crippen molar-refractivity contribution in [2.45, 2.75) is 33.6 Å². The van der Waals surface area contributed by atoms with Crippen LogP contribution < -0.4 is 0 Å². The third-order valence-electron chi connectivity index (χ3n) is 4.77. The van der Waals surface area contributed by atoms with E-state index in [-0.39, 0.29) is 36.3 Å². The smallest absolute Gasteiger partial charge is 0.229 e. The number of carbonyl (C=O) groups is 3. The van der Waals surface area contributed by atoms with Crippen molar-refractivity contribution in [1.29, 1.82) is 0 Å². The average Bonchev–Trinajstić information content (AvgIpc) is 2.65. The number of benzene rings is 1. The van der Waals surface area contributed by atoms with Crippen LogP contribution in [0.1, 0.15) is 42.6 Å². The molecule has 0 aromatic heterocycles. The molecule has 1 aliphatic heterocycles. The van der Waals surface area contributed by atoms with Crippen LogP contribution in [0.4, 0.5) is 0 Å². The average molecular weight is 379 g/mol. The molecule has 26 heavy (non-hydrogen) atoms. The van der Waals surface area contributed by atoms with Crippen molar-refractivity contribution >= 4 is 29.2 Å². The third kappa shape index (κ3) is 5.07. The van der Waals surface area contributed by atoms with Crippen LogP contribution in [-0.2, 0) is 9.59 Å². The zero-order chi connectivity index (χ0) is 19.3. The Kier molecular flexibility index (Phi) is 6.81. The summed E-state index contributed by atoms with van der Waals surface area (Å²) in [5, 5.41) is 0. The van der Waals surface area contributed by atoms with Gasteiger partial charge >= 0.3 is 0 Å². The van der Waals surface area contributed by atoms with E-state index in [1.807, 2.05) is 32.9 Å². The molecular formula is C20H27ClN2O3. The number of carbonyl (C=O) groups excluding carboxylic acids is 3. The quantitative estimate of drug-likeness (QED) is 0.565. The monoisotopic (exact) mass is 378 g/mol. The summed E-state index contributed by atoms with van der Waals surface area (Å²) in [5.41, 5.74) is 1.15. The van der Waals surface area contributed by atoms with Gasteiger partial charge in [0.2, 0.25) is 11.8 Å². The van der Waals surface area contributed by atoms with Crippen LogP contribution in [0, 0.1) is 12.3 Å². The van der Waals surface area contributed by atoms with Gasteiger partial charge in [0.15, 0.2) is 5.78 Å². The van der Waals surface area contributed by atoms with E-state index < -0.39 is 5.41 Å². The summed E-state index contributed by atoms with van der Waals surface area (Å²) in [4.78, 5) is 40.5. The fourth-order valence-electron chi connectivity index (χ4n) is 2.91. The van der Waals surface area contributed by atoms with Gasteiger partial charge in [-0.2, -0.15) is 0 Å². The number of hydrogen-bond donors (Lipinski definition) is 0. The van der Waals surface area contributed by atoms with Gasteiger partial charge in [0.05, 0.1) is 5.41 Å². The molecular weight excluding hydrogens is 352 g/mol. The third-order valence-corrected chi connectivity index (χ3v) is 5.44. The summed E-state index contributed by atoms with van der Waals surface area (Å²) >= 11 is 5.87. The van der Waals surface area contributed by atoms with Crippen molar-refractivity contribution < 1.29 is 14.4 Å². The molecule has 6 heteroatoms. The van der Waals surface area contributed by atoms with E-state index in [1.54, 1.807) is 21.9 Å². The van der Waals surface area contributed by atoms with Gasteiger partial charge in [0.25, 0.3) is 0 Å². The van der Waals surface area contributed by atoms with Crippen LogP contribution in [0.3, 0.4) is 0 Å². The number of amides is 2. The van der Waals surface area contributed by atoms with Gasteiger partial charge in [-0.15, -0.1) is 11.6 Å². The van der Waals surface area contributed by atoms with Gasteiger partial charge in [-0.25, -0.2) is 0 Å². The second-order valence-electron chi connectivity index (χ2n) is 7.48. The van der Waals surface area contributed by atoms with Gasteiger partial charge in [-0.3, -0.25) is 14.4 Å². The summed E-state index contributed by atoms with van der Waals surface area (Å²) in [6.45, 7) is 7.65. The lowest BCUT2D eigenvalue weighted by Crippen LogP contribution is -2.53. The Morgan fingerprint density at radius 1 is 0.962 bits per heavy atom. The number of nitrogens with zero attached hydrogens (tertiary/aromatic N) is 2. The first-order chi connectivity index (χ1) is 12.2. The van der Waals surface area contributed by atoms with Crippen molar-refractivity contribution in [3.63, 3.8) is 0 Å². The van der Waals surface area contributed by atoms with Crippen molar-refractivity contribution in [2.75, 3.05) is 32.1 Å². The predicted octanol–water partition coefficient (Wildman–Crippen LogP) is 2.89. The molecule has 5 nitrogen and oxygen atoms in total. The molecule has 1 fully saturated rings. The van der Waals surface area contributed by atoms with E-state index in [0.717, 1.165) is 5.56 Å². The molecule has 2 amide bonds. The lowest BCUT2D eigenvalue weighted by atomic mass is 9.94. The van der Waals surface area contributed by atoms with Gasteiger partial charge < -0.3 is 9.80 Å². The summed E-state index contributed by atoms with van der Waals surface area (Å²) in [7, 11) is 0. The van der Waals surface area contributed by atoms with Gasteiger partial charge in [-0.05, 0) is 20.8 Å². The molecule has 2 rings (SSSR count). The van der Waals surface area contributed by atoms with Crippen molar-refractivity contribution in [2.24, 2.45) is 5.41 Å². The molecule has 0 bridgehead atoms. The molecule has 0 radical (unpaired) electrons. The summed E-state index contributed by atoms with van der Waals surface area (Å²) in [6, 6.07) is 7.39. The molecule has 142 valence electrons. The minimum absolute atomic E-state index is 0.0176. The summed E-state index contributed by atoms with van der Waals surface area (Å²) in [6.07, 6.45) is 0.411. The van der Waals surface area contributed by atoms with Crippen LogP contribution in [-0.4, -0.2) is 59.5 Å². The van der Waals surface area contributed by atoms with E-state index >= 15 is 0 Å². The molecule has 0 saturated carbocycles. The Hall–Kier alpha value is -1.88. The fraction of sp³-hybridized carbons (Fsp3) is 0.550. The Morgan fingerprint density at radius 3 is 2.04 bits per heavy atom. The molecule has 0 spiro atoms. The highest BCUT2D eigenvalue weighted by Crippen LogP contribution is 2.22. The van der Waals surface area contributed by atoms with Crippen LogP contribution in [0.5, 0.6) is 0 Å². The maximum absolute atomic E-state index is 12.4. The lowest BCUT2D eigenvalue weighted by molar-refractivity contribution is -0.144. The number of piperazine rings is 1. The number of alkyl halides is 1. The second-order valence-corrected chi connectivity index (χ2v) is 7.75. The van der Waals surface area contributed by atoms with Gasteiger partial charge in [0, 0.05) is 50.5 Å². The van der Waals surface area contributed by atoms with E-state index in [0.29, 0.717) is 31.7 Å². The molecule has 1 aromatic carbocycles. The van der Waals surface area contributed by atoms with Crippen molar-refractivity contribution in [3.8, 4) is 0 Å². The first kappa shape index (κ1) is 20.4. The Labute approximate surface area is 160 Å². The Morgan fingerprint density at radius 2 is 1.50 bits per heavy atom. The molecule has 1 aliphatic rings. The molecule has 1 aromatic rings. The summed E-state index contributed by atoms with van der Waals surface area (Å²) in [5.74, 6) is 0.242. The van der Waals surface area contributed by atoms with E-state index in [4.69, 9.17) is 11.6 Å². The van der Waals surface area contributed by atoms with Gasteiger partial charge in [-0.1, -0.05) is 29.8 Å². The van der Waals surface area contributed by atoms with Gasteiger partial charge in [0.1, 0.15) is 0 Å². The normalized spacial score (nSPS) is 15.1. The molecule has 0 unspecified atom stereocenters. The summed E-state index contributed by atoms with van der Waals surface area (Å²) < 4.78 is 0. The highest BCUT2D eigenvalue weighted by molar-refractivity contribution is 6.19. The highest BCUT2D eigenvalue weighted by Gasteiger charge is 2.33. The van der Waals surface area contributed by atoms with Crippen LogP contribution in [0.2, 0.25) is 0 Å². The maximum Gasteiger partial charge on any atom is 0.229 e. The number of hydrogen-bond acceptors (Lipinski definition) is 3. The number of ketones is 1. The first-order valence-electron chi connectivity index (χ1n) is 8.97. The predicted molar refractivity (Wildman–Crippen MR) is 102 cm³/mol. The minimum atomic E-state index is -0.589. The highest BCUT2D eigenvalue weighted by atomic mass is 35.5. The van der Waals surface area contributed by atoms with Crippen LogP contribution in [0.15, 0.2) is 24.3 Å². The first-order valence-corrected chi connectivity index (χ1v) is 9.51. The molecule has 1 heterocycles. The molecule has 1 saturated heterocycles. The number of halogens is 1. The van der Waals surface area contributed by atoms with Crippen LogP contribution in [0.25, 0.3) is 0 Å². The standard InChI is InChI=1S/C20H27ClN2O3/c1-15-4-6-16(7-5-15)17(24)8-9-18(25)22-10-12-23(13-11-22)19(26)20(2,3)14-21/h4-7H,8-14H2,1-3H3. The zero-order valence-corrected chi connectivity index (χ0v) is 16.5. The maximum atomic E-state index is 12.4. The lowest BCUT2D eigenvalue weighted by Gasteiger charge is -2.38. The largest absolute Gasteiger partial charge is 0.339 e. The van der Waals surface area contributed by atoms with E-state index in [2.05, 4.69) is 0 Å². The molecule has 0 N–H and O–H groups in total. The number of aryl methyl sites for hydroxylation is 1. The minimum Gasteiger partial charge on any atom is -0.339 e. The second kappa shape index (κ2) is 8.67. The van der Waals surface area contributed by atoms with E-state index in [9.17, 15) is 14.4 Å². The van der Waals surface area contributed by atoms with Crippen LogP contribution >= 0.6 is 11.6 Å². The Bertz CT molecular complexity index is 662. The zero-order valence-electron chi connectivity index (χ0n) is 15.8. The van der Waals surface area contributed by atoms with E-state index in [1.165, 1.54) is 0 Å². The SMILES string of the molecule is Cc1ccc(C(=O)CCC(=O)N2CCN(C(=O)C(C)(C)CCl)CC2)cc1. The topological polar surface area (TPSA) is 57.7 Å². The number of Topliss-reactive ketones (excluding diaryl/α,β-unsaturated/α-hetero) is 1. The fourth-order valence-corrected chi connectivity index (χ4v) is 3.02. The molecule has 0 atom stereocenters. The number of rotatable bonds is 6. The van der Waals surface area contributed by atoms with Crippen molar-refractivity contribution in [3.05, 3.63) is 35.4 Å². The Balaban J connectivity index is 1.80. The van der Waals surface area contributed by atoms with Crippen molar-refractivity contribution in [1.82, 2.24) is 9.80 Å². The molecule has 0 aliphatic carbocycles.